The van der Waals surface area contributed by atoms with Crippen molar-refractivity contribution in [2.45, 2.75) is 38.7 Å². The fourth-order valence-electron chi connectivity index (χ4n) is 2.32. The summed E-state index contributed by atoms with van der Waals surface area (Å²) >= 11 is 0. The number of rotatable bonds is 5. The quantitative estimate of drug-likeness (QED) is 0.843. The molecule has 4 heteroatoms. The van der Waals surface area contributed by atoms with Crippen LogP contribution in [0.2, 0.25) is 0 Å². The van der Waals surface area contributed by atoms with E-state index >= 15 is 0 Å². The van der Waals surface area contributed by atoms with Gasteiger partial charge < -0.3 is 10.0 Å². The van der Waals surface area contributed by atoms with Gasteiger partial charge in [-0.1, -0.05) is 13.3 Å². The molecule has 1 aliphatic rings. The zero-order valence-corrected chi connectivity index (χ0v) is 10.6. The first-order valence-electron chi connectivity index (χ1n) is 6.39. The fourth-order valence-corrected chi connectivity index (χ4v) is 2.32. The van der Waals surface area contributed by atoms with Gasteiger partial charge in [-0.05, 0) is 25.2 Å². The molecule has 1 saturated carbocycles. The summed E-state index contributed by atoms with van der Waals surface area (Å²) < 4.78 is 0. The Morgan fingerprint density at radius 2 is 2.18 bits per heavy atom. The van der Waals surface area contributed by atoms with E-state index in [1.54, 1.807) is 6.33 Å². The van der Waals surface area contributed by atoms with Gasteiger partial charge in [-0.2, -0.15) is 0 Å². The maximum atomic E-state index is 9.27. The molecular weight excluding hydrogens is 214 g/mol. The van der Waals surface area contributed by atoms with E-state index in [0.717, 1.165) is 43.7 Å². The molecule has 0 spiro atoms. The van der Waals surface area contributed by atoms with Gasteiger partial charge in [0.1, 0.15) is 12.1 Å². The lowest BCUT2D eigenvalue weighted by Gasteiger charge is -2.34. The molecule has 0 bridgehead atoms. The molecule has 0 atom stereocenters. The lowest BCUT2D eigenvalue weighted by Crippen LogP contribution is -2.37. The van der Waals surface area contributed by atoms with Crippen LogP contribution in [-0.2, 0) is 6.42 Å². The van der Waals surface area contributed by atoms with Crippen LogP contribution in [0.4, 0.5) is 5.82 Å². The van der Waals surface area contributed by atoms with Crippen LogP contribution in [0.3, 0.4) is 0 Å². The average molecular weight is 235 g/mol. The van der Waals surface area contributed by atoms with Crippen molar-refractivity contribution in [3.05, 3.63) is 18.1 Å². The molecule has 94 valence electrons. The highest BCUT2D eigenvalue weighted by molar-refractivity contribution is 5.38. The second-order valence-electron chi connectivity index (χ2n) is 4.99. The number of anilines is 1. The Morgan fingerprint density at radius 1 is 1.41 bits per heavy atom. The average Bonchev–Trinajstić information content (AvgIpc) is 2.28. The van der Waals surface area contributed by atoms with E-state index in [4.69, 9.17) is 0 Å². The molecule has 1 aromatic heterocycles. The Labute approximate surface area is 103 Å². The normalized spacial score (nSPS) is 23.2. The van der Waals surface area contributed by atoms with Gasteiger partial charge in [0, 0.05) is 25.4 Å². The second kappa shape index (κ2) is 5.45. The van der Waals surface area contributed by atoms with Crippen LogP contribution in [0.5, 0.6) is 0 Å². The van der Waals surface area contributed by atoms with E-state index in [2.05, 4.69) is 34.9 Å². The molecule has 0 unspecified atom stereocenters. The minimum Gasteiger partial charge on any atom is -0.393 e. The Morgan fingerprint density at radius 3 is 2.82 bits per heavy atom. The maximum absolute atomic E-state index is 9.27. The molecule has 0 radical (unpaired) electrons. The van der Waals surface area contributed by atoms with E-state index in [1.165, 1.54) is 0 Å². The molecule has 0 aliphatic heterocycles. The minimum absolute atomic E-state index is 0.0746. The SMILES string of the molecule is CCCc1cc(N(C)CC2CC(O)C2)ncn1. The van der Waals surface area contributed by atoms with E-state index in [-0.39, 0.29) is 6.10 Å². The van der Waals surface area contributed by atoms with Gasteiger partial charge in [-0.25, -0.2) is 9.97 Å². The van der Waals surface area contributed by atoms with Gasteiger partial charge in [0.05, 0.1) is 6.10 Å². The Balaban J connectivity index is 1.93. The smallest absolute Gasteiger partial charge is 0.131 e. The standard InChI is InChI=1S/C13H21N3O/c1-3-4-11-7-13(15-9-14-11)16(2)8-10-5-12(17)6-10/h7,9-10,12,17H,3-6,8H2,1-2H3. The summed E-state index contributed by atoms with van der Waals surface area (Å²) in [6, 6.07) is 2.07. The highest BCUT2D eigenvalue weighted by atomic mass is 16.3. The summed E-state index contributed by atoms with van der Waals surface area (Å²) in [6.45, 7) is 3.13. The lowest BCUT2D eigenvalue weighted by molar-refractivity contribution is 0.0464. The third-order valence-electron chi connectivity index (χ3n) is 3.35. The molecule has 0 aromatic carbocycles. The highest BCUT2D eigenvalue weighted by Crippen LogP contribution is 2.28. The number of aryl methyl sites for hydroxylation is 1. The summed E-state index contributed by atoms with van der Waals surface area (Å²) in [5, 5.41) is 9.27. The van der Waals surface area contributed by atoms with Crippen LogP contribution in [0, 0.1) is 5.92 Å². The highest BCUT2D eigenvalue weighted by Gasteiger charge is 2.28. The Bertz CT molecular complexity index is 363. The van der Waals surface area contributed by atoms with Gasteiger partial charge in [-0.3, -0.25) is 0 Å². The first kappa shape index (κ1) is 12.3. The summed E-state index contributed by atoms with van der Waals surface area (Å²) in [6.07, 6.45) is 5.54. The van der Waals surface area contributed by atoms with Crippen molar-refractivity contribution >= 4 is 5.82 Å². The predicted molar refractivity (Wildman–Crippen MR) is 68.0 cm³/mol. The van der Waals surface area contributed by atoms with Crippen molar-refractivity contribution < 1.29 is 5.11 Å². The number of hydrogen-bond donors (Lipinski definition) is 1. The van der Waals surface area contributed by atoms with Crippen molar-refractivity contribution in [3.8, 4) is 0 Å². The zero-order valence-electron chi connectivity index (χ0n) is 10.6. The first-order valence-corrected chi connectivity index (χ1v) is 6.39. The molecule has 1 aliphatic carbocycles. The Hall–Kier alpha value is -1.16. The van der Waals surface area contributed by atoms with Gasteiger partial charge in [0.25, 0.3) is 0 Å². The van der Waals surface area contributed by atoms with Crippen molar-refractivity contribution in [2.24, 2.45) is 5.92 Å². The number of nitrogens with zero attached hydrogens (tertiary/aromatic N) is 3. The molecule has 17 heavy (non-hydrogen) atoms. The number of aromatic nitrogens is 2. The van der Waals surface area contributed by atoms with Crippen molar-refractivity contribution in [3.63, 3.8) is 0 Å². The molecule has 1 aromatic rings. The molecule has 1 fully saturated rings. The zero-order chi connectivity index (χ0) is 12.3. The molecule has 2 rings (SSSR count). The van der Waals surface area contributed by atoms with Gasteiger partial charge in [0.2, 0.25) is 0 Å². The monoisotopic (exact) mass is 235 g/mol. The third kappa shape index (κ3) is 3.16. The molecule has 1 heterocycles. The lowest BCUT2D eigenvalue weighted by atomic mass is 9.82. The number of aliphatic hydroxyl groups is 1. The van der Waals surface area contributed by atoms with E-state index in [1.807, 2.05) is 0 Å². The van der Waals surface area contributed by atoms with Crippen molar-refractivity contribution in [2.75, 3.05) is 18.5 Å². The predicted octanol–water partition coefficient (Wildman–Crippen LogP) is 1.64. The summed E-state index contributed by atoms with van der Waals surface area (Å²) in [7, 11) is 2.06. The van der Waals surface area contributed by atoms with Gasteiger partial charge >= 0.3 is 0 Å². The maximum Gasteiger partial charge on any atom is 0.131 e. The van der Waals surface area contributed by atoms with Gasteiger partial charge in [-0.15, -0.1) is 0 Å². The fraction of sp³-hybridized carbons (Fsp3) is 0.692. The molecular formula is C13H21N3O. The van der Waals surface area contributed by atoms with Crippen LogP contribution in [0.15, 0.2) is 12.4 Å². The minimum atomic E-state index is -0.0746. The molecule has 0 saturated heterocycles. The van der Waals surface area contributed by atoms with Crippen LogP contribution in [0.25, 0.3) is 0 Å². The summed E-state index contributed by atoms with van der Waals surface area (Å²) in [5.41, 5.74) is 1.11. The first-order chi connectivity index (χ1) is 8.19. The molecule has 1 N–H and O–H groups in total. The van der Waals surface area contributed by atoms with Crippen molar-refractivity contribution in [1.82, 2.24) is 9.97 Å². The largest absolute Gasteiger partial charge is 0.393 e. The second-order valence-corrected chi connectivity index (χ2v) is 4.99. The van der Waals surface area contributed by atoms with Crippen LogP contribution < -0.4 is 4.90 Å². The van der Waals surface area contributed by atoms with Crippen LogP contribution in [0.1, 0.15) is 31.9 Å². The summed E-state index contributed by atoms with van der Waals surface area (Å²) in [5.74, 6) is 1.60. The van der Waals surface area contributed by atoms with Crippen LogP contribution in [-0.4, -0.2) is 34.8 Å². The molecule has 0 amide bonds. The van der Waals surface area contributed by atoms with E-state index < -0.39 is 0 Å². The molecule has 4 nitrogen and oxygen atoms in total. The van der Waals surface area contributed by atoms with Gasteiger partial charge in [0.15, 0.2) is 0 Å². The Kier molecular flexibility index (Phi) is 3.94. The number of hydrogen-bond acceptors (Lipinski definition) is 4. The van der Waals surface area contributed by atoms with E-state index in [9.17, 15) is 5.11 Å². The third-order valence-corrected chi connectivity index (χ3v) is 3.35. The number of aliphatic hydroxyl groups excluding tert-OH is 1. The summed E-state index contributed by atoms with van der Waals surface area (Å²) in [4.78, 5) is 10.7. The topological polar surface area (TPSA) is 49.2 Å². The van der Waals surface area contributed by atoms with Crippen molar-refractivity contribution in [1.29, 1.82) is 0 Å². The van der Waals surface area contributed by atoms with E-state index in [0.29, 0.717) is 5.92 Å². The van der Waals surface area contributed by atoms with Crippen LogP contribution >= 0.6 is 0 Å².